The molecule has 2 N–H and O–H groups in total. The van der Waals surface area contributed by atoms with E-state index in [2.05, 4.69) is 0 Å². The first-order valence-corrected chi connectivity index (χ1v) is 2.69. The molecule has 0 spiro atoms. The lowest BCUT2D eigenvalue weighted by atomic mass is 10.0. The lowest BCUT2D eigenvalue weighted by Gasteiger charge is -2.15. The molecule has 48 valence electrons. The van der Waals surface area contributed by atoms with Gasteiger partial charge in [0, 0.05) is 6.61 Å². The second kappa shape index (κ2) is 1.99. The number of alkyl halides is 1. The Morgan fingerprint density at radius 3 is 2.75 bits per heavy atom. The monoisotopic (exact) mass is 119 g/mol. The zero-order valence-electron chi connectivity index (χ0n) is 4.69. The van der Waals surface area contributed by atoms with E-state index >= 15 is 0 Å². The summed E-state index contributed by atoms with van der Waals surface area (Å²) in [6.07, 6.45) is 0.656. The van der Waals surface area contributed by atoms with Crippen molar-refractivity contribution < 1.29 is 9.13 Å². The smallest absolute Gasteiger partial charge is 0.110 e. The van der Waals surface area contributed by atoms with Crippen LogP contribution in [-0.4, -0.2) is 25.4 Å². The summed E-state index contributed by atoms with van der Waals surface area (Å²) < 4.78 is 16.8. The van der Waals surface area contributed by atoms with Gasteiger partial charge in [-0.25, -0.2) is 4.39 Å². The van der Waals surface area contributed by atoms with Crippen LogP contribution in [0.4, 0.5) is 4.39 Å². The minimum atomic E-state index is -0.653. The van der Waals surface area contributed by atoms with Crippen molar-refractivity contribution in [3.05, 3.63) is 0 Å². The van der Waals surface area contributed by atoms with Crippen LogP contribution in [0, 0.1) is 0 Å². The van der Waals surface area contributed by atoms with Gasteiger partial charge in [-0.15, -0.1) is 0 Å². The predicted octanol–water partition coefficient (Wildman–Crippen LogP) is 0.0737. The first-order valence-electron chi connectivity index (χ1n) is 2.69. The molecule has 1 atom stereocenters. The first kappa shape index (κ1) is 5.98. The lowest BCUT2D eigenvalue weighted by Crippen LogP contribution is -2.42. The molecule has 1 aliphatic heterocycles. The second-order valence-electron chi connectivity index (χ2n) is 2.30. The van der Waals surface area contributed by atoms with Gasteiger partial charge in [-0.2, -0.15) is 0 Å². The van der Waals surface area contributed by atoms with E-state index in [0.717, 1.165) is 0 Å². The Kier molecular flexibility index (Phi) is 1.49. The molecule has 1 aliphatic rings. The summed E-state index contributed by atoms with van der Waals surface area (Å²) in [7, 11) is 0. The van der Waals surface area contributed by atoms with Gasteiger partial charge < -0.3 is 10.5 Å². The Morgan fingerprint density at radius 2 is 2.50 bits per heavy atom. The number of rotatable bonds is 1. The molecule has 0 saturated carbocycles. The van der Waals surface area contributed by atoms with Gasteiger partial charge in [0.15, 0.2) is 0 Å². The molecule has 1 unspecified atom stereocenters. The quantitative estimate of drug-likeness (QED) is 0.530. The summed E-state index contributed by atoms with van der Waals surface area (Å²) in [6, 6.07) is 0. The molecule has 0 bridgehead atoms. The van der Waals surface area contributed by atoms with Crippen LogP contribution in [0.1, 0.15) is 6.42 Å². The van der Waals surface area contributed by atoms with Gasteiger partial charge >= 0.3 is 0 Å². The van der Waals surface area contributed by atoms with Gasteiger partial charge in [0.05, 0.1) is 12.1 Å². The molecule has 0 aromatic rings. The fourth-order valence-corrected chi connectivity index (χ4v) is 0.728. The third-order valence-corrected chi connectivity index (χ3v) is 1.40. The van der Waals surface area contributed by atoms with Gasteiger partial charge in [0.1, 0.15) is 6.67 Å². The third-order valence-electron chi connectivity index (χ3n) is 1.40. The Hall–Kier alpha value is -0.150. The number of nitrogens with two attached hydrogens (primary N) is 1. The van der Waals surface area contributed by atoms with E-state index in [1.807, 2.05) is 0 Å². The van der Waals surface area contributed by atoms with E-state index in [9.17, 15) is 4.39 Å². The van der Waals surface area contributed by atoms with Crippen LogP contribution >= 0.6 is 0 Å². The van der Waals surface area contributed by atoms with Crippen LogP contribution < -0.4 is 5.73 Å². The molecule has 8 heavy (non-hydrogen) atoms. The summed E-state index contributed by atoms with van der Waals surface area (Å²) in [6.45, 7) is 0.525. The van der Waals surface area contributed by atoms with Gasteiger partial charge in [-0.05, 0) is 6.42 Å². The summed E-state index contributed by atoms with van der Waals surface area (Å²) in [4.78, 5) is 0. The van der Waals surface area contributed by atoms with Crippen LogP contribution in [-0.2, 0) is 4.74 Å². The molecule has 1 saturated heterocycles. The Morgan fingerprint density at radius 1 is 1.75 bits per heavy atom. The van der Waals surface area contributed by atoms with Crippen molar-refractivity contribution in [3.8, 4) is 0 Å². The van der Waals surface area contributed by atoms with Gasteiger partial charge in [-0.1, -0.05) is 0 Å². The molecule has 2 nitrogen and oxygen atoms in total. The summed E-state index contributed by atoms with van der Waals surface area (Å²) in [5.41, 5.74) is 4.81. The van der Waals surface area contributed by atoms with Crippen LogP contribution in [0.5, 0.6) is 0 Å². The fraction of sp³-hybridized carbons (Fsp3) is 1.00. The van der Waals surface area contributed by atoms with Gasteiger partial charge in [0.2, 0.25) is 0 Å². The number of ether oxygens (including phenoxy) is 1. The van der Waals surface area contributed by atoms with Gasteiger partial charge in [-0.3, -0.25) is 0 Å². The SMILES string of the molecule is NC1(CF)CCOC1. The molecular weight excluding hydrogens is 109 g/mol. The van der Waals surface area contributed by atoms with Crippen molar-refractivity contribution in [2.45, 2.75) is 12.0 Å². The van der Waals surface area contributed by atoms with E-state index in [-0.39, 0.29) is 0 Å². The first-order chi connectivity index (χ1) is 3.77. The highest BCUT2D eigenvalue weighted by molar-refractivity contribution is 4.86. The van der Waals surface area contributed by atoms with E-state index in [0.29, 0.717) is 19.6 Å². The topological polar surface area (TPSA) is 35.2 Å². The molecule has 0 amide bonds. The Labute approximate surface area is 47.8 Å². The molecular formula is C5H10FNO. The number of halogens is 1. The predicted molar refractivity (Wildman–Crippen MR) is 28.3 cm³/mol. The third kappa shape index (κ3) is 0.980. The minimum absolute atomic E-state index is 0.378. The van der Waals surface area contributed by atoms with E-state index in [4.69, 9.17) is 10.5 Å². The maximum absolute atomic E-state index is 11.9. The van der Waals surface area contributed by atoms with E-state index < -0.39 is 12.2 Å². The summed E-state index contributed by atoms with van der Waals surface area (Å²) in [5, 5.41) is 0. The number of hydrogen-bond donors (Lipinski definition) is 1. The van der Waals surface area contributed by atoms with Crippen molar-refractivity contribution in [1.29, 1.82) is 0 Å². The molecule has 3 heteroatoms. The van der Waals surface area contributed by atoms with Crippen molar-refractivity contribution in [2.24, 2.45) is 5.73 Å². The highest BCUT2D eigenvalue weighted by atomic mass is 19.1. The zero-order chi connectivity index (χ0) is 6.04. The molecule has 0 radical (unpaired) electrons. The highest BCUT2D eigenvalue weighted by Gasteiger charge is 2.29. The molecule has 1 fully saturated rings. The second-order valence-corrected chi connectivity index (χ2v) is 2.30. The maximum atomic E-state index is 11.9. The van der Waals surface area contributed by atoms with Crippen molar-refractivity contribution >= 4 is 0 Å². The minimum Gasteiger partial charge on any atom is -0.379 e. The summed E-state index contributed by atoms with van der Waals surface area (Å²) in [5.74, 6) is 0. The zero-order valence-corrected chi connectivity index (χ0v) is 4.69. The van der Waals surface area contributed by atoms with Crippen molar-refractivity contribution in [1.82, 2.24) is 0 Å². The largest absolute Gasteiger partial charge is 0.379 e. The van der Waals surface area contributed by atoms with Crippen LogP contribution in [0.3, 0.4) is 0 Å². The standard InChI is InChI=1S/C5H10FNO/c6-3-5(7)1-2-8-4-5/h1-4,7H2. The van der Waals surface area contributed by atoms with Crippen LogP contribution in [0.25, 0.3) is 0 Å². The molecule has 1 heterocycles. The van der Waals surface area contributed by atoms with Crippen LogP contribution in [0.15, 0.2) is 0 Å². The van der Waals surface area contributed by atoms with E-state index in [1.54, 1.807) is 0 Å². The highest BCUT2D eigenvalue weighted by Crippen LogP contribution is 2.14. The average molecular weight is 119 g/mol. The van der Waals surface area contributed by atoms with Crippen molar-refractivity contribution in [2.75, 3.05) is 19.9 Å². The molecule has 0 aromatic heterocycles. The van der Waals surface area contributed by atoms with Crippen molar-refractivity contribution in [3.63, 3.8) is 0 Å². The van der Waals surface area contributed by atoms with Crippen LogP contribution in [0.2, 0.25) is 0 Å². The normalized spacial score (nSPS) is 38.2. The maximum Gasteiger partial charge on any atom is 0.110 e. The van der Waals surface area contributed by atoms with Gasteiger partial charge in [0.25, 0.3) is 0 Å². The Balaban J connectivity index is 2.40. The number of hydrogen-bond acceptors (Lipinski definition) is 2. The van der Waals surface area contributed by atoms with E-state index in [1.165, 1.54) is 0 Å². The molecule has 1 rings (SSSR count). The Bertz CT molecular complexity index is 80.5. The molecule has 0 aliphatic carbocycles. The molecule has 0 aromatic carbocycles. The fourth-order valence-electron chi connectivity index (χ4n) is 0.728. The average Bonchev–Trinajstić information content (AvgIpc) is 2.17. The lowest BCUT2D eigenvalue weighted by molar-refractivity contribution is 0.168. The summed E-state index contributed by atoms with van der Waals surface area (Å²) >= 11 is 0.